The normalized spacial score (nSPS) is 10.4. The van der Waals surface area contributed by atoms with Gasteiger partial charge in [-0.1, -0.05) is 29.3 Å². The third-order valence-electron chi connectivity index (χ3n) is 2.10. The van der Waals surface area contributed by atoms with Gasteiger partial charge in [0.15, 0.2) is 5.75 Å². The van der Waals surface area contributed by atoms with Gasteiger partial charge in [0.1, 0.15) is 0 Å². The van der Waals surface area contributed by atoms with Crippen LogP contribution in [-0.4, -0.2) is 10.1 Å². The third kappa shape index (κ3) is 1.96. The largest absolute Gasteiger partial charge is 0.503 e. The fourth-order valence-electron chi connectivity index (χ4n) is 1.35. The van der Waals surface area contributed by atoms with Gasteiger partial charge in [-0.2, -0.15) is 4.39 Å². The van der Waals surface area contributed by atoms with Crippen LogP contribution in [-0.2, 0) is 0 Å². The number of pyridine rings is 1. The molecule has 0 bridgehead atoms. The molecule has 2 rings (SSSR count). The molecule has 2 aromatic rings. The van der Waals surface area contributed by atoms with Crippen LogP contribution in [0.2, 0.25) is 10.0 Å². The van der Waals surface area contributed by atoms with Crippen molar-refractivity contribution in [3.63, 3.8) is 0 Å². The molecule has 0 amide bonds. The average molecular weight is 258 g/mol. The molecule has 0 saturated carbocycles. The van der Waals surface area contributed by atoms with Crippen molar-refractivity contribution in [3.8, 4) is 16.9 Å². The molecule has 0 unspecified atom stereocenters. The number of halogens is 3. The molecule has 0 aliphatic heterocycles. The van der Waals surface area contributed by atoms with Crippen LogP contribution >= 0.6 is 23.2 Å². The molecule has 0 aliphatic rings. The minimum atomic E-state index is -0.927. The zero-order chi connectivity index (χ0) is 11.7. The van der Waals surface area contributed by atoms with Gasteiger partial charge in [0, 0.05) is 22.3 Å². The summed E-state index contributed by atoms with van der Waals surface area (Å²) in [7, 11) is 0. The van der Waals surface area contributed by atoms with Crippen LogP contribution in [0.15, 0.2) is 30.5 Å². The summed E-state index contributed by atoms with van der Waals surface area (Å²) in [4.78, 5) is 3.33. The standard InChI is InChI=1S/C11H6Cl2FNO/c12-6-1-2-7(9(13)5-6)8-3-4-15-11(14)10(8)16/h1-5,16H. The van der Waals surface area contributed by atoms with Crippen LogP contribution in [0.5, 0.6) is 5.75 Å². The van der Waals surface area contributed by atoms with E-state index in [1.807, 2.05) is 0 Å². The van der Waals surface area contributed by atoms with Crippen molar-refractivity contribution in [2.24, 2.45) is 0 Å². The Balaban J connectivity index is 2.63. The van der Waals surface area contributed by atoms with Gasteiger partial charge in [0.05, 0.1) is 5.02 Å². The van der Waals surface area contributed by atoms with E-state index in [0.717, 1.165) is 0 Å². The van der Waals surface area contributed by atoms with E-state index in [-0.39, 0.29) is 5.56 Å². The predicted molar refractivity (Wildman–Crippen MR) is 61.3 cm³/mol. The molecule has 1 aromatic heterocycles. The maximum absolute atomic E-state index is 13.0. The molecule has 1 N–H and O–H groups in total. The first-order chi connectivity index (χ1) is 7.59. The Morgan fingerprint density at radius 3 is 2.56 bits per heavy atom. The molecule has 0 fully saturated rings. The second kappa shape index (κ2) is 4.28. The van der Waals surface area contributed by atoms with Gasteiger partial charge in [0.25, 0.3) is 5.95 Å². The van der Waals surface area contributed by atoms with Crippen LogP contribution in [0.4, 0.5) is 4.39 Å². The van der Waals surface area contributed by atoms with Gasteiger partial charge in [0.2, 0.25) is 0 Å². The number of aromatic nitrogens is 1. The number of nitrogens with zero attached hydrogens (tertiary/aromatic N) is 1. The number of aromatic hydroxyl groups is 1. The Kier molecular flexibility index (Phi) is 2.99. The van der Waals surface area contributed by atoms with Crippen LogP contribution in [0.25, 0.3) is 11.1 Å². The quantitative estimate of drug-likeness (QED) is 0.787. The summed E-state index contributed by atoms with van der Waals surface area (Å²) in [5.74, 6) is -1.45. The lowest BCUT2D eigenvalue weighted by Gasteiger charge is -2.07. The molecule has 0 spiro atoms. The topological polar surface area (TPSA) is 33.1 Å². The van der Waals surface area contributed by atoms with Crippen molar-refractivity contribution in [1.29, 1.82) is 0 Å². The van der Waals surface area contributed by atoms with E-state index < -0.39 is 11.7 Å². The van der Waals surface area contributed by atoms with Gasteiger partial charge >= 0.3 is 0 Å². The first kappa shape index (κ1) is 11.2. The molecule has 2 nitrogen and oxygen atoms in total. The Morgan fingerprint density at radius 1 is 1.12 bits per heavy atom. The zero-order valence-corrected chi connectivity index (χ0v) is 9.43. The van der Waals surface area contributed by atoms with Crippen LogP contribution in [0, 0.1) is 5.95 Å². The van der Waals surface area contributed by atoms with Gasteiger partial charge < -0.3 is 5.11 Å². The van der Waals surface area contributed by atoms with E-state index >= 15 is 0 Å². The molecule has 0 radical (unpaired) electrons. The highest BCUT2D eigenvalue weighted by molar-refractivity contribution is 6.36. The van der Waals surface area contributed by atoms with E-state index in [4.69, 9.17) is 23.2 Å². The zero-order valence-electron chi connectivity index (χ0n) is 7.92. The summed E-state index contributed by atoms with van der Waals surface area (Å²) in [6.45, 7) is 0. The Bertz CT molecular complexity index is 546. The van der Waals surface area contributed by atoms with Crippen molar-refractivity contribution < 1.29 is 9.50 Å². The van der Waals surface area contributed by atoms with Crippen LogP contribution in [0.3, 0.4) is 0 Å². The first-order valence-corrected chi connectivity index (χ1v) is 5.14. The molecule has 82 valence electrons. The van der Waals surface area contributed by atoms with E-state index in [1.54, 1.807) is 12.1 Å². The van der Waals surface area contributed by atoms with Gasteiger partial charge in [-0.05, 0) is 18.2 Å². The third-order valence-corrected chi connectivity index (χ3v) is 2.65. The number of benzene rings is 1. The van der Waals surface area contributed by atoms with Crippen LogP contribution < -0.4 is 0 Å². The van der Waals surface area contributed by atoms with Gasteiger partial charge in [-0.25, -0.2) is 4.98 Å². The van der Waals surface area contributed by atoms with E-state index in [9.17, 15) is 9.50 Å². The fourth-order valence-corrected chi connectivity index (χ4v) is 1.86. The molecule has 16 heavy (non-hydrogen) atoms. The predicted octanol–water partition coefficient (Wildman–Crippen LogP) is 3.90. The maximum Gasteiger partial charge on any atom is 0.255 e. The number of hydrogen-bond acceptors (Lipinski definition) is 2. The van der Waals surface area contributed by atoms with E-state index in [2.05, 4.69) is 4.98 Å². The molecule has 0 atom stereocenters. The van der Waals surface area contributed by atoms with E-state index in [1.165, 1.54) is 18.3 Å². The highest BCUT2D eigenvalue weighted by atomic mass is 35.5. The highest BCUT2D eigenvalue weighted by Crippen LogP contribution is 2.35. The van der Waals surface area contributed by atoms with Gasteiger partial charge in [-0.15, -0.1) is 0 Å². The summed E-state index contributed by atoms with van der Waals surface area (Å²) in [5.41, 5.74) is 0.791. The first-order valence-electron chi connectivity index (χ1n) is 4.38. The Labute approximate surface area is 101 Å². The summed E-state index contributed by atoms with van der Waals surface area (Å²) in [6, 6.07) is 6.23. The van der Waals surface area contributed by atoms with Crippen molar-refractivity contribution in [3.05, 3.63) is 46.5 Å². The van der Waals surface area contributed by atoms with Gasteiger partial charge in [-0.3, -0.25) is 0 Å². The molecular weight excluding hydrogens is 252 g/mol. The Morgan fingerprint density at radius 2 is 1.88 bits per heavy atom. The maximum atomic E-state index is 13.0. The summed E-state index contributed by atoms with van der Waals surface area (Å²) in [5, 5.41) is 10.3. The molecule has 1 aromatic carbocycles. The summed E-state index contributed by atoms with van der Waals surface area (Å²) >= 11 is 11.7. The second-order valence-electron chi connectivity index (χ2n) is 3.12. The van der Waals surface area contributed by atoms with Crippen molar-refractivity contribution in [2.75, 3.05) is 0 Å². The number of hydrogen-bond donors (Lipinski definition) is 1. The van der Waals surface area contributed by atoms with E-state index in [0.29, 0.717) is 15.6 Å². The molecule has 5 heteroatoms. The monoisotopic (exact) mass is 257 g/mol. The summed E-state index contributed by atoms with van der Waals surface area (Å²) < 4.78 is 13.0. The molecule has 0 saturated heterocycles. The molecular formula is C11H6Cl2FNO. The SMILES string of the molecule is Oc1c(-c2ccc(Cl)cc2Cl)ccnc1F. The lowest BCUT2D eigenvalue weighted by atomic mass is 10.1. The smallest absolute Gasteiger partial charge is 0.255 e. The molecule has 0 aliphatic carbocycles. The minimum absolute atomic E-state index is 0.286. The fraction of sp³-hybridized carbons (Fsp3) is 0. The summed E-state index contributed by atoms with van der Waals surface area (Å²) in [6.07, 6.45) is 1.26. The lowest BCUT2D eigenvalue weighted by molar-refractivity contribution is 0.421. The average Bonchev–Trinajstić information content (AvgIpc) is 2.23. The highest BCUT2D eigenvalue weighted by Gasteiger charge is 2.12. The molecule has 1 heterocycles. The van der Waals surface area contributed by atoms with Crippen molar-refractivity contribution in [1.82, 2.24) is 4.98 Å². The van der Waals surface area contributed by atoms with Crippen LogP contribution in [0.1, 0.15) is 0 Å². The van der Waals surface area contributed by atoms with Crippen molar-refractivity contribution in [2.45, 2.75) is 0 Å². The second-order valence-corrected chi connectivity index (χ2v) is 3.97. The number of rotatable bonds is 1. The lowest BCUT2D eigenvalue weighted by Crippen LogP contribution is -1.87. The minimum Gasteiger partial charge on any atom is -0.503 e. The van der Waals surface area contributed by atoms with Crippen molar-refractivity contribution >= 4 is 23.2 Å². The Hall–Kier alpha value is -1.32.